The Bertz CT molecular complexity index is 482. The molecule has 0 aliphatic carbocycles. The lowest BCUT2D eigenvalue weighted by Crippen LogP contribution is -2.00. The number of nitrogens with zero attached hydrogens (tertiary/aromatic N) is 1. The molecule has 0 atom stereocenters. The van der Waals surface area contributed by atoms with E-state index in [0.717, 1.165) is 30.1 Å². The average molecular weight is 230 g/mol. The standard InChI is InChI=1S/C14H18N2O/c1-10-5-3-6-11(2)14(10)12-9-16-13(17-12)7-4-8-15/h3,5-6,9H,4,7-8,15H2,1-2H3. The van der Waals surface area contributed by atoms with Crippen LogP contribution in [0.25, 0.3) is 11.3 Å². The lowest BCUT2D eigenvalue weighted by Gasteiger charge is -2.05. The van der Waals surface area contributed by atoms with Crippen molar-refractivity contribution in [3.05, 3.63) is 41.4 Å². The second-order valence-corrected chi connectivity index (χ2v) is 4.28. The maximum Gasteiger partial charge on any atom is 0.194 e. The number of oxazole rings is 1. The fourth-order valence-electron chi connectivity index (χ4n) is 2.00. The van der Waals surface area contributed by atoms with Gasteiger partial charge in [-0.25, -0.2) is 4.98 Å². The number of aromatic nitrogens is 1. The Morgan fingerprint density at radius 3 is 2.59 bits per heavy atom. The van der Waals surface area contributed by atoms with Crippen LogP contribution < -0.4 is 5.73 Å². The van der Waals surface area contributed by atoms with Crippen LogP contribution >= 0.6 is 0 Å². The summed E-state index contributed by atoms with van der Waals surface area (Å²) in [7, 11) is 0. The zero-order valence-corrected chi connectivity index (χ0v) is 10.4. The molecule has 0 bridgehead atoms. The molecule has 2 rings (SSSR count). The van der Waals surface area contributed by atoms with E-state index < -0.39 is 0 Å². The molecule has 2 aromatic rings. The molecule has 3 heteroatoms. The molecule has 0 amide bonds. The molecular formula is C14H18N2O. The smallest absolute Gasteiger partial charge is 0.194 e. The first-order valence-corrected chi connectivity index (χ1v) is 5.93. The molecule has 0 fully saturated rings. The Labute approximate surface area is 102 Å². The molecule has 0 radical (unpaired) electrons. The molecule has 1 aromatic carbocycles. The summed E-state index contributed by atoms with van der Waals surface area (Å²) in [5.41, 5.74) is 9.05. The third kappa shape index (κ3) is 2.56. The van der Waals surface area contributed by atoms with Crippen molar-refractivity contribution in [1.29, 1.82) is 0 Å². The highest BCUT2D eigenvalue weighted by Crippen LogP contribution is 2.27. The van der Waals surface area contributed by atoms with Crippen molar-refractivity contribution >= 4 is 0 Å². The van der Waals surface area contributed by atoms with Crippen LogP contribution in [0.2, 0.25) is 0 Å². The van der Waals surface area contributed by atoms with Gasteiger partial charge in [-0.3, -0.25) is 0 Å². The summed E-state index contributed by atoms with van der Waals surface area (Å²) in [6.45, 7) is 4.84. The lowest BCUT2D eigenvalue weighted by molar-refractivity contribution is 0.499. The van der Waals surface area contributed by atoms with Gasteiger partial charge in [-0.2, -0.15) is 0 Å². The van der Waals surface area contributed by atoms with Crippen LogP contribution in [0.1, 0.15) is 23.4 Å². The van der Waals surface area contributed by atoms with E-state index in [1.807, 2.05) is 0 Å². The Hall–Kier alpha value is -1.61. The largest absolute Gasteiger partial charge is 0.441 e. The van der Waals surface area contributed by atoms with Gasteiger partial charge in [0.25, 0.3) is 0 Å². The molecule has 0 unspecified atom stereocenters. The van der Waals surface area contributed by atoms with E-state index in [1.165, 1.54) is 11.1 Å². The van der Waals surface area contributed by atoms with Gasteiger partial charge in [-0.15, -0.1) is 0 Å². The van der Waals surface area contributed by atoms with Crippen LogP contribution in [0.4, 0.5) is 0 Å². The maximum atomic E-state index is 5.77. The molecule has 0 aliphatic rings. The summed E-state index contributed by atoms with van der Waals surface area (Å²) in [6.07, 6.45) is 3.52. The van der Waals surface area contributed by atoms with Gasteiger partial charge in [0, 0.05) is 12.0 Å². The summed E-state index contributed by atoms with van der Waals surface area (Å²) in [5.74, 6) is 1.63. The number of hydrogen-bond acceptors (Lipinski definition) is 3. The third-order valence-corrected chi connectivity index (χ3v) is 2.88. The fourth-order valence-corrected chi connectivity index (χ4v) is 2.00. The van der Waals surface area contributed by atoms with E-state index in [2.05, 4.69) is 37.0 Å². The van der Waals surface area contributed by atoms with E-state index in [1.54, 1.807) is 6.20 Å². The second-order valence-electron chi connectivity index (χ2n) is 4.28. The van der Waals surface area contributed by atoms with Crippen LogP contribution in [-0.2, 0) is 6.42 Å². The third-order valence-electron chi connectivity index (χ3n) is 2.88. The van der Waals surface area contributed by atoms with Crippen molar-refractivity contribution in [3.63, 3.8) is 0 Å². The SMILES string of the molecule is Cc1cccc(C)c1-c1cnc(CCCN)o1. The van der Waals surface area contributed by atoms with Gasteiger partial charge in [0.05, 0.1) is 6.20 Å². The van der Waals surface area contributed by atoms with Crippen molar-refractivity contribution < 1.29 is 4.42 Å². The molecule has 0 aliphatic heterocycles. The maximum absolute atomic E-state index is 5.77. The van der Waals surface area contributed by atoms with Crippen LogP contribution in [0.5, 0.6) is 0 Å². The molecular weight excluding hydrogens is 212 g/mol. The monoisotopic (exact) mass is 230 g/mol. The van der Waals surface area contributed by atoms with E-state index in [4.69, 9.17) is 10.2 Å². The van der Waals surface area contributed by atoms with Crippen molar-refractivity contribution in [2.45, 2.75) is 26.7 Å². The molecule has 17 heavy (non-hydrogen) atoms. The van der Waals surface area contributed by atoms with Gasteiger partial charge >= 0.3 is 0 Å². The molecule has 2 N–H and O–H groups in total. The molecule has 3 nitrogen and oxygen atoms in total. The highest BCUT2D eigenvalue weighted by molar-refractivity contribution is 5.65. The Morgan fingerprint density at radius 1 is 1.24 bits per heavy atom. The van der Waals surface area contributed by atoms with Gasteiger partial charge in [0.15, 0.2) is 11.7 Å². The van der Waals surface area contributed by atoms with E-state index >= 15 is 0 Å². The summed E-state index contributed by atoms with van der Waals surface area (Å²) < 4.78 is 5.77. The molecule has 1 aromatic heterocycles. The summed E-state index contributed by atoms with van der Waals surface area (Å²) in [6, 6.07) is 6.23. The van der Waals surface area contributed by atoms with Gasteiger partial charge in [-0.05, 0) is 37.9 Å². The number of benzene rings is 1. The first-order valence-electron chi connectivity index (χ1n) is 5.93. The first-order chi connectivity index (χ1) is 8.22. The highest BCUT2D eigenvalue weighted by atomic mass is 16.4. The van der Waals surface area contributed by atoms with Gasteiger partial charge in [-0.1, -0.05) is 18.2 Å². The number of aryl methyl sites for hydroxylation is 3. The second kappa shape index (κ2) is 5.15. The lowest BCUT2D eigenvalue weighted by atomic mass is 10.0. The van der Waals surface area contributed by atoms with Gasteiger partial charge in [0.2, 0.25) is 0 Å². The summed E-state index contributed by atoms with van der Waals surface area (Å²) in [4.78, 5) is 4.29. The van der Waals surface area contributed by atoms with Crippen LogP contribution in [0, 0.1) is 13.8 Å². The average Bonchev–Trinajstić information content (AvgIpc) is 2.75. The molecule has 0 saturated heterocycles. The van der Waals surface area contributed by atoms with Crippen molar-refractivity contribution in [2.24, 2.45) is 5.73 Å². The van der Waals surface area contributed by atoms with Crippen LogP contribution in [0.15, 0.2) is 28.8 Å². The highest BCUT2D eigenvalue weighted by Gasteiger charge is 2.10. The minimum Gasteiger partial charge on any atom is -0.441 e. The molecule has 0 saturated carbocycles. The minimum absolute atomic E-state index is 0.668. The number of rotatable bonds is 4. The van der Waals surface area contributed by atoms with Crippen molar-refractivity contribution in [3.8, 4) is 11.3 Å². The van der Waals surface area contributed by atoms with E-state index in [9.17, 15) is 0 Å². The topological polar surface area (TPSA) is 52.0 Å². The Kier molecular flexibility index (Phi) is 3.59. The Balaban J connectivity index is 2.30. The fraction of sp³-hybridized carbons (Fsp3) is 0.357. The van der Waals surface area contributed by atoms with Gasteiger partial charge in [0.1, 0.15) is 0 Å². The first kappa shape index (κ1) is 11.9. The minimum atomic E-state index is 0.668. The van der Waals surface area contributed by atoms with Crippen molar-refractivity contribution in [2.75, 3.05) is 6.54 Å². The van der Waals surface area contributed by atoms with Crippen LogP contribution in [-0.4, -0.2) is 11.5 Å². The normalized spacial score (nSPS) is 10.8. The number of nitrogens with two attached hydrogens (primary N) is 1. The van der Waals surface area contributed by atoms with Crippen molar-refractivity contribution in [1.82, 2.24) is 4.98 Å². The van der Waals surface area contributed by atoms with E-state index in [0.29, 0.717) is 6.54 Å². The summed E-state index contributed by atoms with van der Waals surface area (Å²) >= 11 is 0. The Morgan fingerprint density at radius 2 is 1.94 bits per heavy atom. The zero-order chi connectivity index (χ0) is 12.3. The molecule has 0 spiro atoms. The quantitative estimate of drug-likeness (QED) is 0.878. The predicted molar refractivity (Wildman–Crippen MR) is 68.8 cm³/mol. The molecule has 90 valence electrons. The molecule has 1 heterocycles. The number of hydrogen-bond donors (Lipinski definition) is 1. The van der Waals surface area contributed by atoms with E-state index in [-0.39, 0.29) is 0 Å². The predicted octanol–water partition coefficient (Wildman–Crippen LogP) is 2.85. The van der Waals surface area contributed by atoms with Crippen LogP contribution in [0.3, 0.4) is 0 Å². The van der Waals surface area contributed by atoms with Gasteiger partial charge < -0.3 is 10.2 Å². The summed E-state index contributed by atoms with van der Waals surface area (Å²) in [5, 5.41) is 0. The zero-order valence-electron chi connectivity index (χ0n) is 10.4.